The molecule has 3 heterocycles. The van der Waals surface area contributed by atoms with Crippen molar-refractivity contribution in [1.82, 2.24) is 24.2 Å². The summed E-state index contributed by atoms with van der Waals surface area (Å²) >= 11 is 0. The average Bonchev–Trinajstić information content (AvgIpc) is 4.12. The molecule has 1 fully saturated rings. The Kier molecular flexibility index (Phi) is 17.8. The van der Waals surface area contributed by atoms with Crippen LogP contribution in [-0.2, 0) is 40.2 Å². The van der Waals surface area contributed by atoms with E-state index >= 15 is 0 Å². The Morgan fingerprint density at radius 1 is 0.740 bits per heavy atom. The first-order chi connectivity index (χ1) is 37.6. The summed E-state index contributed by atoms with van der Waals surface area (Å²) in [6, 6.07) is 51.2. The summed E-state index contributed by atoms with van der Waals surface area (Å²) in [6.07, 6.45) is -0.167. The summed E-state index contributed by atoms with van der Waals surface area (Å²) in [7, 11) is 3.06. The number of ether oxygens (including phenoxy) is 6. The summed E-state index contributed by atoms with van der Waals surface area (Å²) in [6.45, 7) is 8.37. The predicted molar refractivity (Wildman–Crippen MR) is 295 cm³/mol. The maximum Gasteiger partial charge on any atom is 0.266 e. The molecule has 8 aromatic rings. The number of amides is 1. The Labute approximate surface area is 451 Å². The molecule has 398 valence electrons. The van der Waals surface area contributed by atoms with E-state index < -0.39 is 38.7 Å². The molecule has 1 aliphatic rings. The Hall–Kier alpha value is -7.32. The maximum absolute atomic E-state index is 14.6. The van der Waals surface area contributed by atoms with Crippen molar-refractivity contribution in [1.29, 1.82) is 5.26 Å². The molecule has 0 radical (unpaired) electrons. The van der Waals surface area contributed by atoms with Gasteiger partial charge >= 0.3 is 0 Å². The van der Waals surface area contributed by atoms with Gasteiger partial charge in [0.1, 0.15) is 47.5 Å². The van der Waals surface area contributed by atoms with Crippen LogP contribution in [0.3, 0.4) is 0 Å². The Balaban J connectivity index is 1.15. The highest BCUT2D eigenvalue weighted by atomic mass is 31.2. The van der Waals surface area contributed by atoms with Gasteiger partial charge in [-0.1, -0.05) is 115 Å². The summed E-state index contributed by atoms with van der Waals surface area (Å²) in [5, 5.41) is 11.7. The van der Waals surface area contributed by atoms with Gasteiger partial charge in [-0.05, 0) is 97.1 Å². The molecule has 6 aromatic carbocycles. The number of methoxy groups -OCH3 is 3. The smallest absolute Gasteiger partial charge is 0.266 e. The van der Waals surface area contributed by atoms with E-state index in [0.717, 1.165) is 33.0 Å². The first-order valence-corrected chi connectivity index (χ1v) is 26.8. The minimum Gasteiger partial charge on any atom is -0.497 e. The highest BCUT2D eigenvalue weighted by Gasteiger charge is 2.51. The summed E-state index contributed by atoms with van der Waals surface area (Å²) in [4.78, 5) is 30.7. The van der Waals surface area contributed by atoms with Crippen molar-refractivity contribution in [3.63, 3.8) is 0 Å². The standard InChI is InChI=1S/C60H64N7O9P/c1-41(2)67(42(3)4)77(74-35-17-34-61)76-55-52(37-73-60(45-21-10-8-11-22-45,46-26-30-48(69-5)31-27-46)47-28-32-49(70-6)33-29-47)75-59(56(55)71-7)66-40-64-54-57(62-39-63-58(54)66)65(53(68)38-72-50-23-12-9-13-24-50)36-44-20-16-19-43-18-14-15-25-51(43)44/h8-16,18-33,39-42,52,55-56,59H,17,35-38H2,1-7H3/t52-,55?,56+,59-,77?/m1/s1. The largest absolute Gasteiger partial charge is 0.497 e. The van der Waals surface area contributed by atoms with E-state index in [0.29, 0.717) is 28.4 Å². The molecule has 1 aliphatic heterocycles. The predicted octanol–water partition coefficient (Wildman–Crippen LogP) is 11.2. The Morgan fingerprint density at radius 2 is 1.36 bits per heavy atom. The fourth-order valence-electron chi connectivity index (χ4n) is 9.97. The Bertz CT molecular complexity index is 3170. The van der Waals surface area contributed by atoms with Crippen molar-refractivity contribution in [2.45, 2.75) is 82.9 Å². The molecule has 2 unspecified atom stereocenters. The number of hydrogen-bond donors (Lipinski definition) is 0. The number of hydrogen-bond acceptors (Lipinski definition) is 14. The second-order valence-electron chi connectivity index (χ2n) is 18.9. The number of carbonyl (C=O) groups is 1. The fourth-order valence-corrected chi connectivity index (χ4v) is 11.7. The van der Waals surface area contributed by atoms with E-state index in [2.05, 4.69) is 38.4 Å². The number of rotatable bonds is 24. The van der Waals surface area contributed by atoms with Crippen molar-refractivity contribution in [3.05, 3.63) is 187 Å². The number of benzene rings is 6. The van der Waals surface area contributed by atoms with Gasteiger partial charge in [0.2, 0.25) is 0 Å². The summed E-state index contributed by atoms with van der Waals surface area (Å²) < 4.78 is 56.3. The lowest BCUT2D eigenvalue weighted by Gasteiger charge is -2.39. The molecule has 17 heteroatoms. The molecule has 5 atom stereocenters. The van der Waals surface area contributed by atoms with Crippen LogP contribution < -0.4 is 19.1 Å². The van der Waals surface area contributed by atoms with Crippen molar-refractivity contribution >= 4 is 42.2 Å². The van der Waals surface area contributed by atoms with Gasteiger partial charge in [0.05, 0.1) is 52.8 Å². The monoisotopic (exact) mass is 1060 g/mol. The molecule has 0 aliphatic carbocycles. The third-order valence-corrected chi connectivity index (χ3v) is 15.7. The lowest BCUT2D eigenvalue weighted by molar-refractivity contribution is -0.120. The van der Waals surface area contributed by atoms with E-state index in [-0.39, 0.29) is 56.6 Å². The van der Waals surface area contributed by atoms with Crippen LogP contribution in [0.2, 0.25) is 0 Å². The third kappa shape index (κ3) is 11.8. The number of anilines is 1. The second kappa shape index (κ2) is 25.2. The van der Waals surface area contributed by atoms with Gasteiger partial charge in [-0.3, -0.25) is 14.3 Å². The van der Waals surface area contributed by atoms with Gasteiger partial charge in [-0.2, -0.15) is 5.26 Å². The first-order valence-electron chi connectivity index (χ1n) is 25.6. The fraction of sp³-hybridized carbons (Fsp3) is 0.317. The first kappa shape index (κ1) is 54.5. The quantitative estimate of drug-likeness (QED) is 0.0319. The van der Waals surface area contributed by atoms with Crippen LogP contribution in [0, 0.1) is 11.3 Å². The number of nitrogens with zero attached hydrogens (tertiary/aromatic N) is 7. The number of imidazole rings is 1. The van der Waals surface area contributed by atoms with Gasteiger partial charge in [0, 0.05) is 19.2 Å². The number of aromatic nitrogens is 4. The molecule has 0 saturated carbocycles. The van der Waals surface area contributed by atoms with Gasteiger partial charge in [-0.15, -0.1) is 0 Å². The molecular formula is C60H64N7O9P. The van der Waals surface area contributed by atoms with E-state index in [1.54, 1.807) is 49.3 Å². The molecule has 2 aromatic heterocycles. The topological polar surface area (TPSA) is 165 Å². The van der Waals surface area contributed by atoms with E-state index in [4.69, 9.17) is 52.4 Å². The van der Waals surface area contributed by atoms with Gasteiger partial charge in [-0.25, -0.2) is 19.6 Å². The minimum absolute atomic E-state index is 0.00165. The molecular weight excluding hydrogens is 994 g/mol. The summed E-state index contributed by atoms with van der Waals surface area (Å²) in [5.41, 5.74) is 2.96. The third-order valence-electron chi connectivity index (χ3n) is 13.6. The van der Waals surface area contributed by atoms with Crippen LogP contribution in [0.15, 0.2) is 164 Å². The minimum atomic E-state index is -1.82. The van der Waals surface area contributed by atoms with Crippen molar-refractivity contribution < 1.29 is 42.3 Å². The zero-order chi connectivity index (χ0) is 53.9. The molecule has 77 heavy (non-hydrogen) atoms. The average molecular weight is 1060 g/mol. The van der Waals surface area contributed by atoms with Crippen LogP contribution in [0.5, 0.6) is 17.2 Å². The summed E-state index contributed by atoms with van der Waals surface area (Å²) in [5.74, 6) is 1.88. The zero-order valence-electron chi connectivity index (χ0n) is 44.3. The molecule has 0 N–H and O–H groups in total. The van der Waals surface area contributed by atoms with Crippen molar-refractivity contribution in [2.24, 2.45) is 0 Å². The second-order valence-corrected chi connectivity index (χ2v) is 20.3. The van der Waals surface area contributed by atoms with Crippen LogP contribution in [-0.4, -0.2) is 102 Å². The lowest BCUT2D eigenvalue weighted by atomic mass is 9.80. The molecule has 0 spiro atoms. The number of fused-ring (bicyclic) bond motifs is 2. The van der Waals surface area contributed by atoms with Gasteiger partial charge in [0.25, 0.3) is 14.4 Å². The SMILES string of the molecule is COc1ccc(C(OC[C@H]2O[C@@H](n3cnc4c(N(Cc5cccc6ccccc56)C(=O)COc5ccccc5)ncnc43)[C@@H](OC)C2OP(OCCC#N)N(C(C)C)C(C)C)(c2ccccc2)c2ccc(OC)cc2)cc1. The van der Waals surface area contributed by atoms with E-state index in [1.807, 2.05) is 140 Å². The van der Waals surface area contributed by atoms with E-state index in [1.165, 1.54) is 6.33 Å². The van der Waals surface area contributed by atoms with E-state index in [9.17, 15) is 10.1 Å². The lowest BCUT2D eigenvalue weighted by Crippen LogP contribution is -2.42. The molecule has 16 nitrogen and oxygen atoms in total. The molecule has 0 bridgehead atoms. The van der Waals surface area contributed by atoms with Crippen molar-refractivity contribution in [2.75, 3.05) is 46.0 Å². The number of nitriles is 1. The highest BCUT2D eigenvalue weighted by Crippen LogP contribution is 2.52. The van der Waals surface area contributed by atoms with Gasteiger partial charge in [0.15, 0.2) is 29.8 Å². The highest BCUT2D eigenvalue weighted by molar-refractivity contribution is 7.44. The number of para-hydroxylation sites is 1. The van der Waals surface area contributed by atoms with Crippen LogP contribution >= 0.6 is 8.53 Å². The Morgan fingerprint density at radius 3 is 2.00 bits per heavy atom. The normalized spacial score (nSPS) is 17.0. The van der Waals surface area contributed by atoms with Crippen LogP contribution in [0.1, 0.15) is 62.6 Å². The zero-order valence-corrected chi connectivity index (χ0v) is 45.2. The number of carbonyl (C=O) groups excluding carboxylic acids is 1. The maximum atomic E-state index is 14.6. The van der Waals surface area contributed by atoms with Crippen LogP contribution in [0.25, 0.3) is 21.9 Å². The van der Waals surface area contributed by atoms with Gasteiger partial charge < -0.3 is 37.5 Å². The molecule has 1 amide bonds. The van der Waals surface area contributed by atoms with Crippen LogP contribution in [0.4, 0.5) is 5.82 Å². The van der Waals surface area contributed by atoms with Crippen molar-refractivity contribution in [3.8, 4) is 23.3 Å². The molecule has 1 saturated heterocycles. The molecule has 9 rings (SSSR count).